The number of carbonyl (C=O) groups is 1. The minimum Gasteiger partial charge on any atom is -0.350 e. The van der Waals surface area contributed by atoms with E-state index in [9.17, 15) is 10.1 Å². The van der Waals surface area contributed by atoms with E-state index in [0.29, 0.717) is 6.04 Å². The van der Waals surface area contributed by atoms with E-state index in [1.54, 1.807) is 0 Å². The number of likely N-dealkylation sites (tertiary alicyclic amines) is 1. The van der Waals surface area contributed by atoms with Gasteiger partial charge >= 0.3 is 0 Å². The van der Waals surface area contributed by atoms with E-state index in [0.717, 1.165) is 32.2 Å². The Morgan fingerprint density at radius 1 is 1.53 bits per heavy atom. The molecule has 2 atom stereocenters. The van der Waals surface area contributed by atoms with Crippen molar-refractivity contribution in [2.75, 3.05) is 6.54 Å². The first-order valence-electron chi connectivity index (χ1n) is 6.48. The zero-order valence-corrected chi connectivity index (χ0v) is 10.5. The van der Waals surface area contributed by atoms with Crippen LogP contribution >= 0.6 is 0 Å². The predicted molar refractivity (Wildman–Crippen MR) is 63.0 cm³/mol. The first-order chi connectivity index (χ1) is 8.00. The molecule has 1 saturated carbocycles. The lowest BCUT2D eigenvalue weighted by atomic mass is 9.82. The van der Waals surface area contributed by atoms with Gasteiger partial charge in [0.15, 0.2) is 0 Å². The van der Waals surface area contributed by atoms with E-state index in [4.69, 9.17) is 0 Å². The smallest absolute Gasteiger partial charge is 0.228 e. The third-order valence-electron chi connectivity index (χ3n) is 4.67. The van der Waals surface area contributed by atoms with Crippen molar-refractivity contribution in [3.05, 3.63) is 0 Å². The van der Waals surface area contributed by atoms with Crippen molar-refractivity contribution in [3.8, 4) is 6.07 Å². The third-order valence-corrected chi connectivity index (χ3v) is 4.67. The number of amides is 1. The Kier molecular flexibility index (Phi) is 2.10. The highest BCUT2D eigenvalue weighted by Gasteiger charge is 2.63. The predicted octanol–water partition coefficient (Wildman–Crippen LogP) is 1.03. The van der Waals surface area contributed by atoms with E-state index < -0.39 is 0 Å². The Morgan fingerprint density at radius 2 is 2.24 bits per heavy atom. The fourth-order valence-electron chi connectivity index (χ4n) is 3.56. The van der Waals surface area contributed by atoms with Crippen molar-refractivity contribution < 1.29 is 4.79 Å². The number of nitrogens with zero attached hydrogens (tertiary/aromatic N) is 2. The number of carbonyl (C=O) groups excluding carboxylic acids is 1. The summed E-state index contributed by atoms with van der Waals surface area (Å²) in [4.78, 5) is 14.4. The Hall–Kier alpha value is -1.08. The zero-order chi connectivity index (χ0) is 12.3. The van der Waals surface area contributed by atoms with Gasteiger partial charge in [0.2, 0.25) is 5.91 Å². The number of nitriles is 1. The summed E-state index contributed by atoms with van der Waals surface area (Å²) in [6.07, 6.45) is 3.91. The number of rotatable bonds is 1. The molecule has 2 aliphatic heterocycles. The normalized spacial score (nSPS) is 38.9. The highest BCUT2D eigenvalue weighted by molar-refractivity contribution is 5.87. The van der Waals surface area contributed by atoms with Gasteiger partial charge in [-0.05, 0) is 39.5 Å². The second kappa shape index (κ2) is 3.23. The summed E-state index contributed by atoms with van der Waals surface area (Å²) < 4.78 is 0. The summed E-state index contributed by atoms with van der Waals surface area (Å²) in [6.45, 7) is 4.96. The molecule has 0 radical (unpaired) electrons. The molecule has 3 fully saturated rings. The molecule has 17 heavy (non-hydrogen) atoms. The fraction of sp³-hybridized carbons (Fsp3) is 0.846. The molecule has 2 saturated heterocycles. The third kappa shape index (κ3) is 1.49. The van der Waals surface area contributed by atoms with Crippen molar-refractivity contribution in [3.63, 3.8) is 0 Å². The molecule has 3 aliphatic rings. The maximum Gasteiger partial charge on any atom is 0.228 e. The van der Waals surface area contributed by atoms with Crippen LogP contribution in [0, 0.1) is 16.7 Å². The molecule has 0 aromatic heterocycles. The second-order valence-corrected chi connectivity index (χ2v) is 6.31. The van der Waals surface area contributed by atoms with Crippen molar-refractivity contribution in [1.82, 2.24) is 10.2 Å². The van der Waals surface area contributed by atoms with E-state index in [1.165, 1.54) is 0 Å². The lowest BCUT2D eigenvalue weighted by molar-refractivity contribution is -0.127. The van der Waals surface area contributed by atoms with Crippen LogP contribution in [0.1, 0.15) is 39.5 Å². The van der Waals surface area contributed by atoms with Gasteiger partial charge in [-0.2, -0.15) is 5.26 Å². The number of hydrogen-bond acceptors (Lipinski definition) is 3. The highest BCUT2D eigenvalue weighted by atomic mass is 16.2. The monoisotopic (exact) mass is 233 g/mol. The summed E-state index contributed by atoms with van der Waals surface area (Å²) >= 11 is 0. The molecular formula is C13H19N3O. The number of hydrogen-bond donors (Lipinski definition) is 1. The van der Waals surface area contributed by atoms with Crippen LogP contribution in [-0.2, 0) is 4.79 Å². The second-order valence-electron chi connectivity index (χ2n) is 6.31. The first kappa shape index (κ1) is 11.0. The summed E-state index contributed by atoms with van der Waals surface area (Å²) in [7, 11) is 0. The van der Waals surface area contributed by atoms with Crippen LogP contribution in [0.25, 0.3) is 0 Å². The maximum atomic E-state index is 12.2. The molecule has 0 bridgehead atoms. The summed E-state index contributed by atoms with van der Waals surface area (Å²) in [5.41, 5.74) is -0.161. The van der Waals surface area contributed by atoms with E-state index in [-0.39, 0.29) is 22.9 Å². The van der Waals surface area contributed by atoms with Gasteiger partial charge < -0.3 is 5.32 Å². The average Bonchev–Trinajstić information content (AvgIpc) is 2.81. The largest absolute Gasteiger partial charge is 0.350 e. The van der Waals surface area contributed by atoms with Crippen LogP contribution in [0.5, 0.6) is 0 Å². The molecule has 3 rings (SSSR count). The molecule has 1 aliphatic carbocycles. The molecule has 0 aromatic rings. The van der Waals surface area contributed by atoms with Crippen LogP contribution in [0.2, 0.25) is 0 Å². The van der Waals surface area contributed by atoms with Crippen LogP contribution in [0.15, 0.2) is 0 Å². The molecule has 4 heteroatoms. The Labute approximate surface area is 102 Å². The minimum absolute atomic E-state index is 0.0883. The minimum atomic E-state index is -0.277. The van der Waals surface area contributed by atoms with Crippen LogP contribution in [0.4, 0.5) is 0 Å². The molecule has 2 heterocycles. The van der Waals surface area contributed by atoms with Crippen molar-refractivity contribution in [1.29, 1.82) is 5.26 Å². The van der Waals surface area contributed by atoms with Crippen molar-refractivity contribution in [2.24, 2.45) is 5.41 Å². The SMILES string of the molecule is CC(C)N1CC2(CC1C#N)CC1(CC1)NC2=O. The van der Waals surface area contributed by atoms with Gasteiger partial charge in [-0.1, -0.05) is 0 Å². The van der Waals surface area contributed by atoms with Crippen LogP contribution in [-0.4, -0.2) is 35.0 Å². The van der Waals surface area contributed by atoms with E-state index in [1.807, 2.05) is 0 Å². The lowest BCUT2D eigenvalue weighted by Gasteiger charge is -2.25. The summed E-state index contributed by atoms with van der Waals surface area (Å²) in [5, 5.41) is 12.4. The molecule has 0 aromatic carbocycles. The van der Waals surface area contributed by atoms with E-state index >= 15 is 0 Å². The van der Waals surface area contributed by atoms with Gasteiger partial charge in [0.1, 0.15) is 0 Å². The van der Waals surface area contributed by atoms with Crippen LogP contribution < -0.4 is 5.32 Å². The molecule has 1 amide bonds. The molecular weight excluding hydrogens is 214 g/mol. The quantitative estimate of drug-likeness (QED) is 0.736. The average molecular weight is 233 g/mol. The number of nitrogens with one attached hydrogen (secondary N) is 1. The standard InChI is InChI=1S/C13H19N3O/c1-9(2)16-8-12(5-10(16)6-14)7-13(3-4-13)15-11(12)17/h9-10H,3-5,7-8H2,1-2H3,(H,15,17). The van der Waals surface area contributed by atoms with Crippen LogP contribution in [0.3, 0.4) is 0 Å². The Bertz CT molecular complexity index is 407. The molecule has 4 nitrogen and oxygen atoms in total. The van der Waals surface area contributed by atoms with Gasteiger partial charge in [-0.15, -0.1) is 0 Å². The summed E-state index contributed by atoms with van der Waals surface area (Å²) in [5.74, 6) is 0.193. The van der Waals surface area contributed by atoms with Gasteiger partial charge in [0.05, 0.1) is 17.5 Å². The zero-order valence-electron chi connectivity index (χ0n) is 10.5. The Balaban J connectivity index is 1.86. The molecule has 1 N–H and O–H groups in total. The van der Waals surface area contributed by atoms with Crippen molar-refractivity contribution >= 4 is 5.91 Å². The molecule has 2 unspecified atom stereocenters. The van der Waals surface area contributed by atoms with Gasteiger partial charge in [-0.25, -0.2) is 0 Å². The maximum absolute atomic E-state index is 12.2. The summed E-state index contributed by atoms with van der Waals surface area (Å²) in [6, 6.07) is 2.61. The van der Waals surface area contributed by atoms with Crippen molar-refractivity contribution in [2.45, 2.75) is 57.2 Å². The molecule has 2 spiro atoms. The van der Waals surface area contributed by atoms with Gasteiger partial charge in [-0.3, -0.25) is 9.69 Å². The fourth-order valence-corrected chi connectivity index (χ4v) is 3.56. The topological polar surface area (TPSA) is 56.1 Å². The molecule has 92 valence electrons. The highest BCUT2D eigenvalue weighted by Crippen LogP contribution is 2.54. The van der Waals surface area contributed by atoms with Gasteiger partial charge in [0, 0.05) is 18.1 Å². The Morgan fingerprint density at radius 3 is 2.65 bits per heavy atom. The first-order valence-corrected chi connectivity index (χ1v) is 6.48. The van der Waals surface area contributed by atoms with E-state index in [2.05, 4.69) is 30.1 Å². The van der Waals surface area contributed by atoms with Gasteiger partial charge in [0.25, 0.3) is 0 Å². The lowest BCUT2D eigenvalue weighted by Crippen LogP contribution is -2.38.